The standard InChI is InChI=1S/C16H12O6/c17-12(10-4-2-1-3-5-10)13(18)11-6-8-16(9-7-11,14(19)20)15(21)22/h1-8H,9H2,(H,19,20)(H,21,22). The Bertz CT molecular complexity index is 697. The first-order chi connectivity index (χ1) is 10.4. The molecule has 1 aliphatic rings. The largest absolute Gasteiger partial charge is 0.480 e. The summed E-state index contributed by atoms with van der Waals surface area (Å²) in [6, 6.07) is 7.92. The lowest BCUT2D eigenvalue weighted by molar-refractivity contribution is -0.160. The van der Waals surface area contributed by atoms with Crippen molar-refractivity contribution in [1.29, 1.82) is 0 Å². The molecule has 6 nitrogen and oxygen atoms in total. The maximum absolute atomic E-state index is 12.1. The monoisotopic (exact) mass is 300 g/mol. The van der Waals surface area contributed by atoms with Crippen LogP contribution in [0.3, 0.4) is 0 Å². The molecule has 0 unspecified atom stereocenters. The highest BCUT2D eigenvalue weighted by atomic mass is 16.4. The molecule has 0 aliphatic heterocycles. The molecule has 6 heteroatoms. The average molecular weight is 300 g/mol. The van der Waals surface area contributed by atoms with Gasteiger partial charge in [-0.1, -0.05) is 48.6 Å². The predicted octanol–water partition coefficient (Wildman–Crippen LogP) is 1.48. The normalized spacial score (nSPS) is 15.7. The van der Waals surface area contributed by atoms with E-state index in [4.69, 9.17) is 10.2 Å². The molecule has 2 rings (SSSR count). The van der Waals surface area contributed by atoms with Gasteiger partial charge in [0.2, 0.25) is 11.6 Å². The van der Waals surface area contributed by atoms with Gasteiger partial charge in [0, 0.05) is 11.1 Å². The van der Waals surface area contributed by atoms with Gasteiger partial charge < -0.3 is 10.2 Å². The third-order valence-electron chi connectivity index (χ3n) is 3.46. The topological polar surface area (TPSA) is 109 Å². The van der Waals surface area contributed by atoms with E-state index in [2.05, 4.69) is 0 Å². The third kappa shape index (κ3) is 2.58. The maximum Gasteiger partial charge on any atom is 0.325 e. The summed E-state index contributed by atoms with van der Waals surface area (Å²) in [7, 11) is 0. The van der Waals surface area contributed by atoms with Crippen LogP contribution in [-0.2, 0) is 14.4 Å². The summed E-state index contributed by atoms with van der Waals surface area (Å²) in [5.41, 5.74) is -1.89. The molecule has 0 heterocycles. The number of ketones is 2. The van der Waals surface area contributed by atoms with E-state index < -0.39 is 35.3 Å². The number of carboxylic acid groups (broad SMARTS) is 2. The van der Waals surface area contributed by atoms with E-state index in [1.807, 2.05) is 0 Å². The summed E-state index contributed by atoms with van der Waals surface area (Å²) < 4.78 is 0. The van der Waals surface area contributed by atoms with E-state index in [-0.39, 0.29) is 11.1 Å². The molecule has 0 saturated carbocycles. The van der Waals surface area contributed by atoms with Crippen LogP contribution in [0.15, 0.2) is 54.1 Å². The van der Waals surface area contributed by atoms with Gasteiger partial charge in [-0.3, -0.25) is 19.2 Å². The van der Waals surface area contributed by atoms with Crippen LogP contribution >= 0.6 is 0 Å². The van der Waals surface area contributed by atoms with Crippen LogP contribution in [0.25, 0.3) is 0 Å². The number of allylic oxidation sites excluding steroid dienone is 3. The number of carbonyl (C=O) groups excluding carboxylic acids is 2. The SMILES string of the molecule is O=C(C(=O)c1ccccc1)C1=CCC(C(=O)O)(C(=O)O)C=C1. The lowest BCUT2D eigenvalue weighted by Crippen LogP contribution is -2.38. The molecule has 1 aromatic carbocycles. The minimum Gasteiger partial charge on any atom is -0.480 e. The van der Waals surface area contributed by atoms with Gasteiger partial charge in [-0.05, 0) is 6.42 Å². The molecule has 0 saturated heterocycles. The summed E-state index contributed by atoms with van der Waals surface area (Å²) in [6.07, 6.45) is 2.79. The summed E-state index contributed by atoms with van der Waals surface area (Å²) in [6.45, 7) is 0. The molecular formula is C16H12O6. The molecule has 2 N–H and O–H groups in total. The van der Waals surface area contributed by atoms with Crippen molar-refractivity contribution < 1.29 is 29.4 Å². The van der Waals surface area contributed by atoms with Gasteiger partial charge in [-0.25, -0.2) is 0 Å². The lowest BCUT2D eigenvalue weighted by atomic mass is 9.79. The quantitative estimate of drug-likeness (QED) is 0.484. The number of rotatable bonds is 5. The predicted molar refractivity (Wildman–Crippen MR) is 75.3 cm³/mol. The molecule has 0 radical (unpaired) electrons. The van der Waals surface area contributed by atoms with E-state index in [1.54, 1.807) is 18.2 Å². The second-order valence-corrected chi connectivity index (χ2v) is 4.80. The second-order valence-electron chi connectivity index (χ2n) is 4.80. The van der Waals surface area contributed by atoms with Crippen LogP contribution in [0.2, 0.25) is 0 Å². The summed E-state index contributed by atoms with van der Waals surface area (Å²) >= 11 is 0. The molecule has 1 aliphatic carbocycles. The van der Waals surface area contributed by atoms with Crippen molar-refractivity contribution in [2.45, 2.75) is 6.42 Å². The van der Waals surface area contributed by atoms with Gasteiger partial charge >= 0.3 is 11.9 Å². The Morgan fingerprint density at radius 2 is 1.50 bits per heavy atom. The first kappa shape index (κ1) is 15.4. The lowest BCUT2D eigenvalue weighted by Gasteiger charge is -2.22. The van der Waals surface area contributed by atoms with E-state index in [1.165, 1.54) is 18.2 Å². The van der Waals surface area contributed by atoms with E-state index in [0.717, 1.165) is 12.2 Å². The first-order valence-corrected chi connectivity index (χ1v) is 6.39. The number of aliphatic carboxylic acids is 2. The molecule has 0 aromatic heterocycles. The van der Waals surface area contributed by atoms with Crippen molar-refractivity contribution in [2.24, 2.45) is 5.41 Å². The molecule has 0 spiro atoms. The molecule has 1 aromatic rings. The van der Waals surface area contributed by atoms with Gasteiger partial charge in [-0.2, -0.15) is 0 Å². The van der Waals surface area contributed by atoms with Crippen molar-refractivity contribution in [3.8, 4) is 0 Å². The van der Waals surface area contributed by atoms with Crippen LogP contribution in [0.1, 0.15) is 16.8 Å². The number of benzene rings is 1. The zero-order valence-electron chi connectivity index (χ0n) is 11.4. The van der Waals surface area contributed by atoms with Gasteiger partial charge in [0.1, 0.15) is 0 Å². The van der Waals surface area contributed by atoms with Crippen LogP contribution in [0, 0.1) is 5.41 Å². The van der Waals surface area contributed by atoms with Crippen molar-refractivity contribution in [3.63, 3.8) is 0 Å². The highest BCUT2D eigenvalue weighted by Gasteiger charge is 2.45. The number of hydrogen-bond acceptors (Lipinski definition) is 4. The fourth-order valence-electron chi connectivity index (χ4n) is 2.07. The molecule has 112 valence electrons. The Balaban J connectivity index is 2.23. The Hall–Kier alpha value is -3.02. The Morgan fingerprint density at radius 1 is 0.909 bits per heavy atom. The Kier molecular flexibility index (Phi) is 4.03. The van der Waals surface area contributed by atoms with Crippen molar-refractivity contribution in [3.05, 3.63) is 59.7 Å². The molecule has 0 fully saturated rings. The first-order valence-electron chi connectivity index (χ1n) is 6.39. The minimum atomic E-state index is -2.10. The van der Waals surface area contributed by atoms with E-state index >= 15 is 0 Å². The Morgan fingerprint density at radius 3 is 1.95 bits per heavy atom. The molecular weight excluding hydrogens is 288 g/mol. The fraction of sp³-hybridized carbons (Fsp3) is 0.125. The number of carboxylic acids is 2. The summed E-state index contributed by atoms with van der Waals surface area (Å²) in [5, 5.41) is 18.1. The van der Waals surface area contributed by atoms with Gasteiger partial charge in [0.15, 0.2) is 5.41 Å². The van der Waals surface area contributed by atoms with Crippen molar-refractivity contribution >= 4 is 23.5 Å². The molecule has 0 atom stereocenters. The third-order valence-corrected chi connectivity index (χ3v) is 3.46. The van der Waals surface area contributed by atoms with Crippen molar-refractivity contribution in [2.75, 3.05) is 0 Å². The zero-order chi connectivity index (χ0) is 16.3. The van der Waals surface area contributed by atoms with E-state index in [0.29, 0.717) is 0 Å². The molecule has 0 amide bonds. The van der Waals surface area contributed by atoms with Crippen LogP contribution < -0.4 is 0 Å². The van der Waals surface area contributed by atoms with Crippen LogP contribution in [0.5, 0.6) is 0 Å². The summed E-state index contributed by atoms with van der Waals surface area (Å²) in [5.74, 6) is -4.57. The summed E-state index contributed by atoms with van der Waals surface area (Å²) in [4.78, 5) is 46.4. The van der Waals surface area contributed by atoms with Crippen LogP contribution in [0.4, 0.5) is 0 Å². The second kappa shape index (κ2) is 5.77. The highest BCUT2D eigenvalue weighted by molar-refractivity contribution is 6.49. The van der Waals surface area contributed by atoms with Gasteiger partial charge in [-0.15, -0.1) is 0 Å². The zero-order valence-corrected chi connectivity index (χ0v) is 11.4. The maximum atomic E-state index is 12.1. The van der Waals surface area contributed by atoms with Gasteiger partial charge in [0.25, 0.3) is 0 Å². The minimum absolute atomic E-state index is 0.00743. The van der Waals surface area contributed by atoms with Crippen LogP contribution in [-0.4, -0.2) is 33.7 Å². The number of hydrogen-bond donors (Lipinski definition) is 2. The number of carbonyl (C=O) groups is 4. The average Bonchev–Trinajstić information content (AvgIpc) is 2.54. The number of Topliss-reactive ketones (excluding diaryl/α,β-unsaturated/α-hetero) is 2. The Labute approximate surface area is 125 Å². The highest BCUT2D eigenvalue weighted by Crippen LogP contribution is 2.31. The van der Waals surface area contributed by atoms with E-state index in [9.17, 15) is 19.2 Å². The van der Waals surface area contributed by atoms with Crippen molar-refractivity contribution in [1.82, 2.24) is 0 Å². The fourth-order valence-corrected chi connectivity index (χ4v) is 2.07. The van der Waals surface area contributed by atoms with Gasteiger partial charge in [0.05, 0.1) is 0 Å². The molecule has 0 bridgehead atoms. The molecule has 22 heavy (non-hydrogen) atoms. The smallest absolute Gasteiger partial charge is 0.325 e.